The molecule has 3 N–H and O–H groups in total. The van der Waals surface area contributed by atoms with Crippen LogP contribution >= 0.6 is 0 Å². The SMILES string of the molecule is OC1(C(F)(F)F)C=C(c2ccccc2)NN1. The average Bonchev–Trinajstić information content (AvgIpc) is 2.63. The van der Waals surface area contributed by atoms with Gasteiger partial charge in [0.05, 0.1) is 5.70 Å². The smallest absolute Gasteiger partial charge is 0.363 e. The highest BCUT2D eigenvalue weighted by Gasteiger charge is 2.55. The highest BCUT2D eigenvalue weighted by atomic mass is 19.4. The molecule has 86 valence electrons. The number of benzene rings is 1. The Morgan fingerprint density at radius 3 is 2.25 bits per heavy atom. The van der Waals surface area contributed by atoms with Crippen molar-refractivity contribution in [1.29, 1.82) is 0 Å². The van der Waals surface area contributed by atoms with Crippen LogP contribution in [0.1, 0.15) is 5.56 Å². The summed E-state index contributed by atoms with van der Waals surface area (Å²) in [6.07, 6.45) is -4.06. The largest absolute Gasteiger partial charge is 0.436 e. The Labute approximate surface area is 89.6 Å². The number of aliphatic hydroxyl groups is 1. The highest BCUT2D eigenvalue weighted by Crippen LogP contribution is 2.33. The Kier molecular flexibility index (Phi) is 2.40. The molecule has 1 aliphatic heterocycles. The number of halogens is 3. The van der Waals surface area contributed by atoms with Gasteiger partial charge in [-0.2, -0.15) is 18.6 Å². The zero-order chi connectivity index (χ0) is 11.8. The first-order valence-corrected chi connectivity index (χ1v) is 4.53. The summed E-state index contributed by atoms with van der Waals surface area (Å²) in [7, 11) is 0. The number of hydrogen-bond acceptors (Lipinski definition) is 3. The molecule has 0 radical (unpaired) electrons. The first-order chi connectivity index (χ1) is 7.42. The van der Waals surface area contributed by atoms with Gasteiger partial charge in [-0.25, -0.2) is 0 Å². The summed E-state index contributed by atoms with van der Waals surface area (Å²) in [6.45, 7) is 0. The van der Waals surface area contributed by atoms with E-state index in [4.69, 9.17) is 0 Å². The fraction of sp³-hybridized carbons (Fsp3) is 0.200. The normalized spacial score (nSPS) is 25.1. The van der Waals surface area contributed by atoms with Crippen LogP contribution in [0, 0.1) is 0 Å². The molecule has 0 aromatic heterocycles. The molecule has 1 heterocycles. The van der Waals surface area contributed by atoms with Crippen molar-refractivity contribution in [2.75, 3.05) is 0 Å². The van der Waals surface area contributed by atoms with E-state index < -0.39 is 11.9 Å². The van der Waals surface area contributed by atoms with Gasteiger partial charge in [-0.05, 0) is 11.6 Å². The summed E-state index contributed by atoms with van der Waals surface area (Å²) in [5.74, 6) is 0. The number of hydrogen-bond donors (Lipinski definition) is 3. The van der Waals surface area contributed by atoms with Gasteiger partial charge in [-0.3, -0.25) is 0 Å². The van der Waals surface area contributed by atoms with Crippen molar-refractivity contribution >= 4 is 5.70 Å². The highest BCUT2D eigenvalue weighted by molar-refractivity contribution is 5.66. The van der Waals surface area contributed by atoms with E-state index in [-0.39, 0.29) is 5.70 Å². The van der Waals surface area contributed by atoms with Crippen molar-refractivity contribution in [3.63, 3.8) is 0 Å². The molecule has 1 unspecified atom stereocenters. The first-order valence-electron chi connectivity index (χ1n) is 4.53. The fourth-order valence-electron chi connectivity index (χ4n) is 1.37. The molecule has 0 amide bonds. The van der Waals surface area contributed by atoms with Crippen LogP contribution in [0.4, 0.5) is 13.2 Å². The van der Waals surface area contributed by atoms with Crippen LogP contribution in [0.2, 0.25) is 0 Å². The van der Waals surface area contributed by atoms with Crippen LogP contribution in [-0.4, -0.2) is 17.0 Å². The lowest BCUT2D eigenvalue weighted by atomic mass is 10.1. The fourth-order valence-corrected chi connectivity index (χ4v) is 1.37. The molecule has 3 nitrogen and oxygen atoms in total. The molecule has 0 saturated heterocycles. The number of hydrazine groups is 1. The molecule has 0 saturated carbocycles. The van der Waals surface area contributed by atoms with Gasteiger partial charge in [-0.1, -0.05) is 30.3 Å². The van der Waals surface area contributed by atoms with E-state index in [1.165, 1.54) is 0 Å². The molecule has 16 heavy (non-hydrogen) atoms. The van der Waals surface area contributed by atoms with Gasteiger partial charge < -0.3 is 10.5 Å². The second kappa shape index (κ2) is 3.50. The monoisotopic (exact) mass is 230 g/mol. The van der Waals surface area contributed by atoms with Crippen LogP contribution in [0.5, 0.6) is 0 Å². The van der Waals surface area contributed by atoms with Crippen LogP contribution in [0.3, 0.4) is 0 Å². The lowest BCUT2D eigenvalue weighted by Crippen LogP contribution is -2.55. The molecule has 1 aromatic rings. The van der Waals surface area contributed by atoms with Crippen LogP contribution in [-0.2, 0) is 0 Å². The maximum atomic E-state index is 12.4. The molecular weight excluding hydrogens is 221 g/mol. The van der Waals surface area contributed by atoms with Crippen LogP contribution in [0.25, 0.3) is 5.70 Å². The summed E-state index contributed by atoms with van der Waals surface area (Å²) in [4.78, 5) is 0. The van der Waals surface area contributed by atoms with Gasteiger partial charge in [0.2, 0.25) is 0 Å². The molecule has 2 rings (SSSR count). The van der Waals surface area contributed by atoms with Crippen LogP contribution < -0.4 is 10.9 Å². The molecule has 1 atom stereocenters. The third-order valence-electron chi connectivity index (χ3n) is 2.26. The lowest BCUT2D eigenvalue weighted by molar-refractivity contribution is -0.250. The van der Waals surface area contributed by atoms with E-state index in [0.717, 1.165) is 0 Å². The molecule has 0 spiro atoms. The maximum Gasteiger partial charge on any atom is 0.436 e. The van der Waals surface area contributed by atoms with Gasteiger partial charge in [-0.15, -0.1) is 0 Å². The Bertz CT molecular complexity index is 416. The maximum absolute atomic E-state index is 12.4. The van der Waals surface area contributed by atoms with Crippen molar-refractivity contribution in [3.05, 3.63) is 42.0 Å². The predicted octanol–water partition coefficient (Wildman–Crippen LogP) is 1.39. The summed E-state index contributed by atoms with van der Waals surface area (Å²) in [5.41, 5.74) is 1.86. The predicted molar refractivity (Wildman–Crippen MR) is 51.7 cm³/mol. The Hall–Kier alpha value is -1.53. The zero-order valence-electron chi connectivity index (χ0n) is 8.05. The average molecular weight is 230 g/mol. The Balaban J connectivity index is 2.32. The van der Waals surface area contributed by atoms with Gasteiger partial charge in [0.1, 0.15) is 0 Å². The van der Waals surface area contributed by atoms with E-state index in [9.17, 15) is 18.3 Å². The second-order valence-electron chi connectivity index (χ2n) is 3.44. The first kappa shape index (κ1) is 11.0. The van der Waals surface area contributed by atoms with E-state index in [2.05, 4.69) is 5.43 Å². The molecular formula is C10H9F3N2O. The van der Waals surface area contributed by atoms with Gasteiger partial charge >= 0.3 is 6.18 Å². The molecule has 0 fully saturated rings. The Morgan fingerprint density at radius 1 is 1.12 bits per heavy atom. The zero-order valence-corrected chi connectivity index (χ0v) is 8.05. The summed E-state index contributed by atoms with van der Waals surface area (Å²) < 4.78 is 37.3. The number of rotatable bonds is 1. The number of nitrogens with one attached hydrogen (secondary N) is 2. The van der Waals surface area contributed by atoms with Crippen LogP contribution in [0.15, 0.2) is 36.4 Å². The quantitative estimate of drug-likeness (QED) is 0.683. The van der Waals surface area contributed by atoms with Gasteiger partial charge in [0, 0.05) is 0 Å². The Morgan fingerprint density at radius 2 is 1.75 bits per heavy atom. The van der Waals surface area contributed by atoms with Crippen molar-refractivity contribution in [3.8, 4) is 0 Å². The molecule has 0 aliphatic carbocycles. The van der Waals surface area contributed by atoms with E-state index in [1.807, 2.05) is 5.43 Å². The molecule has 6 heteroatoms. The standard InChI is InChI=1S/C10H9F3N2O/c11-10(12,13)9(16)6-8(14-15-9)7-4-2-1-3-5-7/h1-6,14-16H. The topological polar surface area (TPSA) is 44.3 Å². The minimum absolute atomic E-state index is 0.195. The summed E-state index contributed by atoms with van der Waals surface area (Å²) in [5, 5.41) is 9.28. The molecule has 1 aromatic carbocycles. The van der Waals surface area contributed by atoms with Crippen molar-refractivity contribution < 1.29 is 18.3 Å². The third kappa shape index (κ3) is 1.77. The minimum Gasteiger partial charge on any atom is -0.363 e. The summed E-state index contributed by atoms with van der Waals surface area (Å²) >= 11 is 0. The molecule has 0 bridgehead atoms. The van der Waals surface area contributed by atoms with E-state index in [1.54, 1.807) is 30.3 Å². The van der Waals surface area contributed by atoms with Gasteiger partial charge in [0.15, 0.2) is 0 Å². The lowest BCUT2D eigenvalue weighted by Gasteiger charge is -2.23. The number of alkyl halides is 3. The van der Waals surface area contributed by atoms with Crippen molar-refractivity contribution in [2.24, 2.45) is 0 Å². The summed E-state index contributed by atoms with van der Waals surface area (Å²) in [6, 6.07) is 8.43. The second-order valence-corrected chi connectivity index (χ2v) is 3.44. The van der Waals surface area contributed by atoms with Crippen molar-refractivity contribution in [1.82, 2.24) is 10.9 Å². The minimum atomic E-state index is -4.77. The molecule has 1 aliphatic rings. The van der Waals surface area contributed by atoms with E-state index in [0.29, 0.717) is 11.6 Å². The van der Waals surface area contributed by atoms with E-state index >= 15 is 0 Å². The van der Waals surface area contributed by atoms with Gasteiger partial charge in [0.25, 0.3) is 5.72 Å². The third-order valence-corrected chi connectivity index (χ3v) is 2.26. The van der Waals surface area contributed by atoms with Crippen molar-refractivity contribution in [2.45, 2.75) is 11.9 Å².